The highest BCUT2D eigenvalue weighted by Crippen LogP contribution is 2.47. The Morgan fingerprint density at radius 2 is 2.06 bits per heavy atom. The van der Waals surface area contributed by atoms with Gasteiger partial charge in [0.2, 0.25) is 5.91 Å². The molecule has 0 radical (unpaired) electrons. The topological polar surface area (TPSA) is 88.9 Å². The van der Waals surface area contributed by atoms with Gasteiger partial charge in [-0.05, 0) is 53.8 Å². The summed E-state index contributed by atoms with van der Waals surface area (Å²) < 4.78 is 33.4. The molecular weight excluding hydrogens is 470 g/mol. The second kappa shape index (κ2) is 7.55. The number of pyridine rings is 1. The molecule has 1 amide bonds. The molecule has 7 nitrogen and oxygen atoms in total. The molecule has 2 aromatic rings. The van der Waals surface area contributed by atoms with Crippen LogP contribution in [0.3, 0.4) is 0 Å². The number of carbonyl (C=O) groups excluding carboxylic acids is 1. The van der Waals surface area contributed by atoms with Gasteiger partial charge in [0.25, 0.3) is 0 Å². The van der Waals surface area contributed by atoms with Gasteiger partial charge in [-0.25, -0.2) is 17.8 Å². The maximum absolute atomic E-state index is 12.2. The number of benzene rings is 1. The molecule has 3 aliphatic rings. The van der Waals surface area contributed by atoms with Gasteiger partial charge in [-0.3, -0.25) is 4.79 Å². The third-order valence-corrected chi connectivity index (χ3v) is 8.23. The summed E-state index contributed by atoms with van der Waals surface area (Å²) in [5.74, 6) is -0.842. The Morgan fingerprint density at radius 3 is 2.78 bits per heavy atom. The van der Waals surface area contributed by atoms with Crippen molar-refractivity contribution in [3.05, 3.63) is 63.9 Å². The molecule has 1 aromatic heterocycles. The number of aromatic nitrogens is 1. The number of nitrogens with zero attached hydrogens (tertiary/aromatic N) is 3. The van der Waals surface area contributed by atoms with Gasteiger partial charge >= 0.3 is 0 Å². The van der Waals surface area contributed by atoms with Crippen LogP contribution in [0.4, 0.5) is 0 Å². The van der Waals surface area contributed by atoms with Crippen molar-refractivity contribution in [3.63, 3.8) is 0 Å². The number of ether oxygens (including phenoxy) is 1. The Labute approximate surface area is 196 Å². The van der Waals surface area contributed by atoms with Gasteiger partial charge in [-0.15, -0.1) is 0 Å². The van der Waals surface area contributed by atoms with Gasteiger partial charge in [-0.2, -0.15) is 0 Å². The summed E-state index contributed by atoms with van der Waals surface area (Å²) in [6, 6.07) is 11.9. The number of hydrogen-bond acceptors (Lipinski definition) is 7. The molecule has 1 spiro atoms. The van der Waals surface area contributed by atoms with E-state index in [0.29, 0.717) is 24.8 Å². The van der Waals surface area contributed by atoms with Crippen LogP contribution in [0, 0.1) is 0 Å². The first kappa shape index (κ1) is 21.9. The molecular formula is C22H22ClN3O4S2. The normalized spacial score (nSPS) is 23.7. The van der Waals surface area contributed by atoms with E-state index in [1.54, 1.807) is 11.0 Å². The minimum atomic E-state index is -3.35. The lowest BCUT2D eigenvalue weighted by Gasteiger charge is -2.47. The Balaban J connectivity index is 1.31. The molecule has 3 aliphatic heterocycles. The molecule has 1 fully saturated rings. The molecule has 0 N–H and O–H groups in total. The highest BCUT2D eigenvalue weighted by atomic mass is 35.5. The van der Waals surface area contributed by atoms with Gasteiger partial charge in [0.05, 0.1) is 35.8 Å². The van der Waals surface area contributed by atoms with Gasteiger partial charge in [0.15, 0.2) is 9.84 Å². The number of likely N-dealkylation sites (tertiary alicyclic amines) is 1. The van der Waals surface area contributed by atoms with E-state index < -0.39 is 21.2 Å². The molecule has 0 saturated carbocycles. The van der Waals surface area contributed by atoms with Crippen LogP contribution in [0.15, 0.2) is 40.8 Å². The van der Waals surface area contributed by atoms with Gasteiger partial charge in [-0.1, -0.05) is 29.8 Å². The number of sulfone groups is 1. The molecule has 1 unspecified atom stereocenters. The molecule has 4 heterocycles. The molecule has 1 atom stereocenters. The number of rotatable bonds is 4. The van der Waals surface area contributed by atoms with Crippen LogP contribution in [-0.4, -0.2) is 55.0 Å². The van der Waals surface area contributed by atoms with E-state index in [9.17, 15) is 13.2 Å². The highest BCUT2D eigenvalue weighted by molar-refractivity contribution is 7.99. The molecule has 0 aliphatic carbocycles. The molecule has 5 rings (SSSR count). The third kappa shape index (κ3) is 3.85. The number of halogens is 1. The monoisotopic (exact) mass is 491 g/mol. The van der Waals surface area contributed by atoms with Crippen molar-refractivity contribution in [2.75, 3.05) is 25.1 Å². The molecule has 1 aromatic carbocycles. The summed E-state index contributed by atoms with van der Waals surface area (Å²) in [5.41, 5.74) is 4.57. The van der Waals surface area contributed by atoms with Crippen LogP contribution in [0.5, 0.6) is 0 Å². The average Bonchev–Trinajstić information content (AvgIpc) is 3.27. The minimum Gasteiger partial charge on any atom is -0.362 e. The lowest BCUT2D eigenvalue weighted by Crippen LogP contribution is -2.62. The van der Waals surface area contributed by atoms with Crippen LogP contribution in [-0.2, 0) is 36.3 Å². The van der Waals surface area contributed by atoms with E-state index in [4.69, 9.17) is 20.7 Å². The summed E-state index contributed by atoms with van der Waals surface area (Å²) in [6.45, 7) is 3.34. The first-order valence-electron chi connectivity index (χ1n) is 10.2. The zero-order valence-electron chi connectivity index (χ0n) is 17.7. The lowest BCUT2D eigenvalue weighted by molar-refractivity contribution is -0.166. The van der Waals surface area contributed by atoms with Gasteiger partial charge in [0, 0.05) is 12.7 Å². The van der Waals surface area contributed by atoms with Crippen molar-refractivity contribution in [2.24, 2.45) is 4.40 Å². The quantitative estimate of drug-likeness (QED) is 0.482. The van der Waals surface area contributed by atoms with E-state index in [-0.39, 0.29) is 10.7 Å². The van der Waals surface area contributed by atoms with Crippen molar-refractivity contribution in [2.45, 2.75) is 30.3 Å². The van der Waals surface area contributed by atoms with Crippen LogP contribution in [0.2, 0.25) is 5.15 Å². The Bertz CT molecular complexity index is 1260. The van der Waals surface area contributed by atoms with E-state index >= 15 is 0 Å². The Hall–Kier alpha value is -1.94. The predicted molar refractivity (Wildman–Crippen MR) is 125 cm³/mol. The Kier molecular flexibility index (Phi) is 5.16. The minimum absolute atomic E-state index is 0.272. The van der Waals surface area contributed by atoms with Gasteiger partial charge in [0.1, 0.15) is 16.5 Å². The number of hydrogen-bond donors (Lipinski definition) is 0. The SMILES string of the molecule is CC1(c2cccc(Cl)n2)CC(c2ccc3c(c2)COC32CN(C(=O)CS(C)(=O)=O)C2)=NS1. The summed E-state index contributed by atoms with van der Waals surface area (Å²) >= 11 is 7.59. The summed E-state index contributed by atoms with van der Waals surface area (Å²) in [6.07, 6.45) is 1.81. The molecule has 10 heteroatoms. The summed E-state index contributed by atoms with van der Waals surface area (Å²) in [7, 11) is -3.35. The standard InChI is InChI=1S/C22H22ClN3O4S2/c1-21(18-4-3-5-19(23)24-18)9-17(25-31-21)14-6-7-16-15(8-14)10-30-22(16)12-26(13-22)20(27)11-32(2,28)29/h3-8H,9-13H2,1-2H3. The number of fused-ring (bicyclic) bond motifs is 2. The molecule has 1 saturated heterocycles. The third-order valence-electron chi connectivity index (χ3n) is 6.18. The van der Waals surface area contributed by atoms with E-state index in [0.717, 1.165) is 40.8 Å². The van der Waals surface area contributed by atoms with E-state index in [1.807, 2.05) is 18.2 Å². The highest BCUT2D eigenvalue weighted by Gasteiger charge is 2.52. The number of carbonyl (C=O) groups is 1. The fourth-order valence-corrected chi connectivity index (χ4v) is 6.17. The smallest absolute Gasteiger partial charge is 0.237 e. The van der Waals surface area contributed by atoms with Crippen molar-refractivity contribution in [1.29, 1.82) is 0 Å². The zero-order chi connectivity index (χ0) is 22.7. The predicted octanol–water partition coefficient (Wildman–Crippen LogP) is 3.10. The molecule has 168 valence electrons. The second-order valence-electron chi connectivity index (χ2n) is 8.86. The van der Waals surface area contributed by atoms with Crippen LogP contribution >= 0.6 is 23.5 Å². The van der Waals surface area contributed by atoms with Crippen LogP contribution in [0.1, 0.15) is 35.7 Å². The van der Waals surface area contributed by atoms with Crippen molar-refractivity contribution in [3.8, 4) is 0 Å². The lowest BCUT2D eigenvalue weighted by atomic mass is 9.84. The Morgan fingerprint density at radius 1 is 1.28 bits per heavy atom. The van der Waals surface area contributed by atoms with E-state index in [2.05, 4.69) is 24.0 Å². The van der Waals surface area contributed by atoms with Crippen molar-refractivity contribution >= 4 is 45.0 Å². The summed E-state index contributed by atoms with van der Waals surface area (Å²) in [4.78, 5) is 18.2. The second-order valence-corrected chi connectivity index (χ2v) is 12.7. The van der Waals surface area contributed by atoms with Crippen LogP contribution < -0.4 is 0 Å². The average molecular weight is 492 g/mol. The first-order chi connectivity index (χ1) is 15.1. The van der Waals surface area contributed by atoms with Gasteiger partial charge < -0.3 is 9.64 Å². The van der Waals surface area contributed by atoms with Crippen molar-refractivity contribution < 1.29 is 17.9 Å². The molecule has 0 bridgehead atoms. The largest absolute Gasteiger partial charge is 0.362 e. The zero-order valence-corrected chi connectivity index (χ0v) is 20.1. The van der Waals surface area contributed by atoms with Crippen LogP contribution in [0.25, 0.3) is 0 Å². The fraction of sp³-hybridized carbons (Fsp3) is 0.409. The maximum Gasteiger partial charge on any atom is 0.237 e. The fourth-order valence-electron chi connectivity index (χ4n) is 4.49. The van der Waals surface area contributed by atoms with E-state index in [1.165, 1.54) is 11.9 Å². The van der Waals surface area contributed by atoms with Crippen molar-refractivity contribution in [1.82, 2.24) is 9.88 Å². The summed E-state index contributed by atoms with van der Waals surface area (Å²) in [5, 5.41) is 0.474. The maximum atomic E-state index is 12.2. The molecule has 32 heavy (non-hydrogen) atoms. The first-order valence-corrected chi connectivity index (χ1v) is 13.4. The number of amides is 1.